The van der Waals surface area contributed by atoms with Gasteiger partial charge in [0.1, 0.15) is 0 Å². The van der Waals surface area contributed by atoms with Crippen LogP contribution in [-0.4, -0.2) is 31.3 Å². The van der Waals surface area contributed by atoms with Gasteiger partial charge in [0.2, 0.25) is 0 Å². The zero-order valence-corrected chi connectivity index (χ0v) is 15.0. The van der Waals surface area contributed by atoms with Crippen molar-refractivity contribution in [3.05, 3.63) is 74.3 Å². The standard InChI is InChI=1S/C16H16N4O6S/c1-11(16(21)17-22)18(10-12-2-4-13(5-3-12)19(23)24)27-15-8-6-14(7-9-15)20(25)26/h2-9,11,22H,10H2,1H3,(H,17,21)/t11-/m0/s1. The minimum Gasteiger partial charge on any atom is -0.289 e. The maximum Gasteiger partial charge on any atom is 0.269 e. The molecule has 27 heavy (non-hydrogen) atoms. The van der Waals surface area contributed by atoms with Crippen molar-refractivity contribution in [3.8, 4) is 0 Å². The monoisotopic (exact) mass is 392 g/mol. The summed E-state index contributed by atoms with van der Waals surface area (Å²) in [5, 5.41) is 30.4. The molecule has 0 spiro atoms. The first-order valence-corrected chi connectivity index (χ1v) is 8.45. The highest BCUT2D eigenvalue weighted by Crippen LogP contribution is 2.29. The number of hydroxylamine groups is 1. The molecule has 2 N–H and O–H groups in total. The van der Waals surface area contributed by atoms with E-state index in [0.29, 0.717) is 10.5 Å². The van der Waals surface area contributed by atoms with Crippen molar-refractivity contribution >= 4 is 29.2 Å². The topological polar surface area (TPSA) is 139 Å². The van der Waals surface area contributed by atoms with E-state index in [1.807, 2.05) is 0 Å². The fraction of sp³-hybridized carbons (Fsp3) is 0.188. The van der Waals surface area contributed by atoms with E-state index in [1.165, 1.54) is 36.2 Å². The maximum atomic E-state index is 11.8. The number of carbonyl (C=O) groups excluding carboxylic acids is 1. The van der Waals surface area contributed by atoms with Gasteiger partial charge in [0.15, 0.2) is 0 Å². The summed E-state index contributed by atoms with van der Waals surface area (Å²) in [6, 6.07) is 10.9. The van der Waals surface area contributed by atoms with Crippen LogP contribution in [0.5, 0.6) is 0 Å². The largest absolute Gasteiger partial charge is 0.289 e. The van der Waals surface area contributed by atoms with Gasteiger partial charge in [0.25, 0.3) is 17.3 Å². The molecule has 0 aromatic heterocycles. The number of benzene rings is 2. The van der Waals surface area contributed by atoms with E-state index in [0.717, 1.165) is 0 Å². The van der Waals surface area contributed by atoms with Crippen LogP contribution in [0.15, 0.2) is 53.4 Å². The maximum absolute atomic E-state index is 11.8. The average molecular weight is 392 g/mol. The Balaban J connectivity index is 2.21. The molecule has 2 aromatic carbocycles. The fourth-order valence-corrected chi connectivity index (χ4v) is 3.14. The molecule has 10 nitrogen and oxygen atoms in total. The first-order valence-electron chi connectivity index (χ1n) is 7.68. The zero-order chi connectivity index (χ0) is 20.0. The van der Waals surface area contributed by atoms with E-state index in [-0.39, 0.29) is 17.9 Å². The smallest absolute Gasteiger partial charge is 0.269 e. The lowest BCUT2D eigenvalue weighted by Gasteiger charge is -2.26. The van der Waals surface area contributed by atoms with Crippen LogP contribution >= 0.6 is 11.9 Å². The van der Waals surface area contributed by atoms with Crippen molar-refractivity contribution in [2.24, 2.45) is 0 Å². The molecule has 0 heterocycles. The lowest BCUT2D eigenvalue weighted by Crippen LogP contribution is -2.40. The van der Waals surface area contributed by atoms with Crippen LogP contribution < -0.4 is 5.48 Å². The lowest BCUT2D eigenvalue weighted by atomic mass is 10.2. The molecule has 1 amide bonds. The van der Waals surface area contributed by atoms with Crippen molar-refractivity contribution in [1.29, 1.82) is 0 Å². The molecule has 0 aliphatic heterocycles. The molecule has 0 unspecified atom stereocenters. The highest BCUT2D eigenvalue weighted by atomic mass is 32.2. The average Bonchev–Trinajstić information content (AvgIpc) is 2.67. The van der Waals surface area contributed by atoms with Gasteiger partial charge >= 0.3 is 0 Å². The van der Waals surface area contributed by atoms with Crippen LogP contribution in [-0.2, 0) is 11.3 Å². The minimum atomic E-state index is -0.745. The predicted octanol–water partition coefficient (Wildman–Crippen LogP) is 2.91. The predicted molar refractivity (Wildman–Crippen MR) is 97.0 cm³/mol. The molecule has 2 aromatic rings. The summed E-state index contributed by atoms with van der Waals surface area (Å²) in [7, 11) is 0. The Bertz CT molecular complexity index is 768. The van der Waals surface area contributed by atoms with Crippen LogP contribution in [0.2, 0.25) is 0 Å². The van der Waals surface area contributed by atoms with Gasteiger partial charge < -0.3 is 0 Å². The van der Waals surface area contributed by atoms with Gasteiger partial charge in [-0.3, -0.25) is 30.2 Å². The van der Waals surface area contributed by atoms with Crippen molar-refractivity contribution in [2.45, 2.75) is 24.4 Å². The van der Waals surface area contributed by atoms with E-state index in [9.17, 15) is 25.0 Å². The van der Waals surface area contributed by atoms with Crippen molar-refractivity contribution in [2.75, 3.05) is 0 Å². The van der Waals surface area contributed by atoms with E-state index in [1.54, 1.807) is 41.0 Å². The Morgan fingerprint density at radius 3 is 2.00 bits per heavy atom. The highest BCUT2D eigenvalue weighted by Gasteiger charge is 2.23. The van der Waals surface area contributed by atoms with E-state index >= 15 is 0 Å². The summed E-state index contributed by atoms with van der Waals surface area (Å²) < 4.78 is 1.65. The molecule has 2 rings (SSSR count). The number of rotatable bonds is 8. The van der Waals surface area contributed by atoms with Gasteiger partial charge in [-0.25, -0.2) is 9.79 Å². The summed E-state index contributed by atoms with van der Waals surface area (Å²) in [4.78, 5) is 33.0. The van der Waals surface area contributed by atoms with Gasteiger partial charge in [0, 0.05) is 35.7 Å². The molecule has 0 saturated carbocycles. The zero-order valence-electron chi connectivity index (χ0n) is 14.1. The molecule has 0 fully saturated rings. The third-order valence-corrected chi connectivity index (χ3v) is 4.84. The van der Waals surface area contributed by atoms with Gasteiger partial charge in [-0.2, -0.15) is 0 Å². The van der Waals surface area contributed by atoms with Crippen molar-refractivity contribution < 1.29 is 19.8 Å². The summed E-state index contributed by atoms with van der Waals surface area (Å²) in [6.45, 7) is 1.82. The molecular formula is C16H16N4O6S. The number of nitrogens with zero attached hydrogens (tertiary/aromatic N) is 3. The lowest BCUT2D eigenvalue weighted by molar-refractivity contribution is -0.385. The third kappa shape index (κ3) is 5.48. The second kappa shape index (κ2) is 9.07. The van der Waals surface area contributed by atoms with E-state index < -0.39 is 21.8 Å². The van der Waals surface area contributed by atoms with E-state index in [2.05, 4.69) is 0 Å². The normalized spacial score (nSPS) is 11.8. The first kappa shape index (κ1) is 20.3. The van der Waals surface area contributed by atoms with Crippen molar-refractivity contribution in [3.63, 3.8) is 0 Å². The SMILES string of the molecule is C[C@@H](C(=O)NO)N(Cc1ccc([N+](=O)[O-])cc1)Sc1ccc([N+](=O)[O-])cc1. The van der Waals surface area contributed by atoms with Crippen LogP contribution in [0.3, 0.4) is 0 Å². The Hall–Kier alpha value is -3.02. The number of hydrogen-bond donors (Lipinski definition) is 2. The van der Waals surface area contributed by atoms with Crippen LogP contribution in [0.1, 0.15) is 12.5 Å². The highest BCUT2D eigenvalue weighted by molar-refractivity contribution is 7.97. The Labute approximate surface area is 158 Å². The Morgan fingerprint density at radius 1 is 1.07 bits per heavy atom. The molecule has 0 saturated heterocycles. The fourth-order valence-electron chi connectivity index (χ4n) is 2.14. The molecule has 0 bridgehead atoms. The molecule has 0 radical (unpaired) electrons. The molecule has 0 aliphatic carbocycles. The van der Waals surface area contributed by atoms with Crippen molar-refractivity contribution in [1.82, 2.24) is 9.79 Å². The molecule has 1 atom stereocenters. The second-order valence-corrected chi connectivity index (χ2v) is 6.62. The summed E-state index contributed by atoms with van der Waals surface area (Å²) >= 11 is 1.17. The van der Waals surface area contributed by atoms with Crippen LogP contribution in [0.4, 0.5) is 11.4 Å². The summed E-state index contributed by atoms with van der Waals surface area (Å²) in [5.41, 5.74) is 2.21. The molecule has 0 aliphatic rings. The number of nitrogens with one attached hydrogen (secondary N) is 1. The Morgan fingerprint density at radius 2 is 1.56 bits per heavy atom. The van der Waals surface area contributed by atoms with Gasteiger partial charge in [-0.15, -0.1) is 0 Å². The third-order valence-electron chi connectivity index (χ3n) is 3.68. The number of nitro benzene ring substituents is 2. The van der Waals surface area contributed by atoms with Gasteiger partial charge in [0.05, 0.1) is 15.9 Å². The number of amides is 1. The molecule has 11 heteroatoms. The van der Waals surface area contributed by atoms with Crippen LogP contribution in [0, 0.1) is 20.2 Å². The quantitative estimate of drug-likeness (QED) is 0.302. The number of nitro groups is 2. The number of non-ortho nitro benzene ring substituents is 2. The first-order chi connectivity index (χ1) is 12.8. The summed E-state index contributed by atoms with van der Waals surface area (Å²) in [6.07, 6.45) is 0. The van der Waals surface area contributed by atoms with E-state index in [4.69, 9.17) is 5.21 Å². The van der Waals surface area contributed by atoms with Crippen LogP contribution in [0.25, 0.3) is 0 Å². The number of carbonyl (C=O) groups is 1. The minimum absolute atomic E-state index is 0.0468. The molecular weight excluding hydrogens is 376 g/mol. The Kier molecular flexibility index (Phi) is 6.82. The second-order valence-electron chi connectivity index (χ2n) is 5.49. The number of hydrogen-bond acceptors (Lipinski definition) is 8. The summed E-state index contributed by atoms with van der Waals surface area (Å²) in [5.74, 6) is -0.633. The van der Waals surface area contributed by atoms with Gasteiger partial charge in [-0.05, 0) is 36.6 Å². The van der Waals surface area contributed by atoms with Gasteiger partial charge in [-0.1, -0.05) is 12.1 Å². The molecule has 142 valence electrons.